The quantitative estimate of drug-likeness (QED) is 0.238. The molecule has 0 atom stereocenters. The minimum Gasteiger partial charge on any atom is -0.618 e. The molecular weight excluding hydrogens is 464 g/mol. The largest absolute Gasteiger partial charge is 0.618 e. The minimum absolute atomic E-state index is 0.255. The zero-order valence-corrected chi connectivity index (χ0v) is 20.8. The standard InChI is InChI=1S/C31H30N2O4/c1-20-17-28(31(36)32-26-5-3-2-4-6-26)27-16-15-25(19-29(27)33(20)37)24-13-11-23(12-14-24)22-9-7-21(8-10-22)18-30(34)35/h2-6,11-17,19,21-22H,7-10,18H2,1H3,(H,32,36)(H,34,35). The summed E-state index contributed by atoms with van der Waals surface area (Å²) in [5, 5.41) is 25.5. The van der Waals surface area contributed by atoms with E-state index in [1.165, 1.54) is 5.56 Å². The number of para-hydroxylation sites is 1. The lowest BCUT2D eigenvalue weighted by Crippen LogP contribution is -2.32. The van der Waals surface area contributed by atoms with E-state index in [4.69, 9.17) is 5.11 Å². The number of rotatable bonds is 6. The van der Waals surface area contributed by atoms with E-state index in [0.29, 0.717) is 33.8 Å². The molecule has 3 aromatic carbocycles. The molecule has 0 bridgehead atoms. The van der Waals surface area contributed by atoms with E-state index >= 15 is 0 Å². The first-order chi connectivity index (χ1) is 17.9. The van der Waals surface area contributed by atoms with Crippen LogP contribution in [0.5, 0.6) is 0 Å². The van der Waals surface area contributed by atoms with E-state index in [0.717, 1.165) is 41.5 Å². The molecule has 1 amide bonds. The predicted octanol–water partition coefficient (Wildman–Crippen LogP) is 6.45. The van der Waals surface area contributed by atoms with Crippen LogP contribution >= 0.6 is 0 Å². The molecule has 1 aliphatic carbocycles. The van der Waals surface area contributed by atoms with Crippen LogP contribution in [0.15, 0.2) is 78.9 Å². The second kappa shape index (κ2) is 10.4. The number of pyridine rings is 1. The molecule has 0 aliphatic heterocycles. The van der Waals surface area contributed by atoms with Crippen molar-refractivity contribution in [1.29, 1.82) is 0 Å². The average Bonchev–Trinajstić information content (AvgIpc) is 2.91. The lowest BCUT2D eigenvalue weighted by Gasteiger charge is -2.28. The highest BCUT2D eigenvalue weighted by molar-refractivity contribution is 6.12. The molecule has 0 radical (unpaired) electrons. The fourth-order valence-electron chi connectivity index (χ4n) is 5.44. The highest BCUT2D eigenvalue weighted by Gasteiger charge is 2.24. The minimum atomic E-state index is -0.707. The van der Waals surface area contributed by atoms with Crippen molar-refractivity contribution in [2.75, 3.05) is 5.32 Å². The molecule has 0 unspecified atom stereocenters. The van der Waals surface area contributed by atoms with Gasteiger partial charge in [-0.2, -0.15) is 4.73 Å². The van der Waals surface area contributed by atoms with Crippen LogP contribution in [0.4, 0.5) is 5.69 Å². The van der Waals surface area contributed by atoms with Gasteiger partial charge in [0.05, 0.1) is 10.9 Å². The summed E-state index contributed by atoms with van der Waals surface area (Å²) in [5.41, 5.74) is 5.25. The van der Waals surface area contributed by atoms with Gasteiger partial charge in [0.2, 0.25) is 5.52 Å². The van der Waals surface area contributed by atoms with Crippen LogP contribution in [0.25, 0.3) is 22.0 Å². The number of hydrogen-bond acceptors (Lipinski definition) is 3. The fraction of sp³-hybridized carbons (Fsp3) is 0.258. The average molecular weight is 495 g/mol. The van der Waals surface area contributed by atoms with Crippen LogP contribution in [0.1, 0.15) is 59.6 Å². The normalized spacial score (nSPS) is 17.4. The number of carboxylic acid groups (broad SMARTS) is 1. The van der Waals surface area contributed by atoms with Gasteiger partial charge >= 0.3 is 5.97 Å². The van der Waals surface area contributed by atoms with Crippen molar-refractivity contribution in [3.05, 3.63) is 101 Å². The number of aromatic nitrogens is 1. The number of amides is 1. The van der Waals surface area contributed by atoms with Gasteiger partial charge in [-0.05, 0) is 72.4 Å². The van der Waals surface area contributed by atoms with E-state index in [-0.39, 0.29) is 18.2 Å². The van der Waals surface area contributed by atoms with Crippen LogP contribution < -0.4 is 10.0 Å². The summed E-state index contributed by atoms with van der Waals surface area (Å²) in [6.07, 6.45) is 4.19. The van der Waals surface area contributed by atoms with Crippen LogP contribution in [0.3, 0.4) is 0 Å². The first-order valence-electron chi connectivity index (χ1n) is 12.7. The van der Waals surface area contributed by atoms with Gasteiger partial charge in [-0.1, -0.05) is 48.5 Å². The van der Waals surface area contributed by atoms with Crippen molar-refractivity contribution < 1.29 is 19.4 Å². The SMILES string of the molecule is Cc1cc(C(=O)Nc2ccccc2)c2ccc(-c3ccc(C4CCC(CC(=O)O)CC4)cc3)cc2[n+]1[O-]. The van der Waals surface area contributed by atoms with Gasteiger partial charge in [0, 0.05) is 31.2 Å². The molecule has 188 valence electrons. The molecule has 6 nitrogen and oxygen atoms in total. The lowest BCUT2D eigenvalue weighted by molar-refractivity contribution is -0.584. The van der Waals surface area contributed by atoms with Crippen molar-refractivity contribution in [3.63, 3.8) is 0 Å². The third-order valence-electron chi connectivity index (χ3n) is 7.48. The van der Waals surface area contributed by atoms with Crippen LogP contribution in [0, 0.1) is 18.0 Å². The molecular formula is C31H30N2O4. The van der Waals surface area contributed by atoms with Crippen molar-refractivity contribution in [2.24, 2.45) is 5.92 Å². The zero-order chi connectivity index (χ0) is 25.9. The van der Waals surface area contributed by atoms with Crippen molar-refractivity contribution in [3.8, 4) is 11.1 Å². The van der Waals surface area contributed by atoms with Crippen molar-refractivity contribution in [2.45, 2.75) is 44.9 Å². The van der Waals surface area contributed by atoms with Crippen LogP contribution in [-0.4, -0.2) is 17.0 Å². The molecule has 4 aromatic rings. The Morgan fingerprint density at radius 3 is 2.27 bits per heavy atom. The second-order valence-electron chi connectivity index (χ2n) is 9.98. The van der Waals surface area contributed by atoms with Gasteiger partial charge in [-0.3, -0.25) is 9.59 Å². The fourth-order valence-corrected chi connectivity index (χ4v) is 5.44. The summed E-state index contributed by atoms with van der Waals surface area (Å²) in [4.78, 5) is 24.1. The Labute approximate surface area is 216 Å². The molecule has 0 spiro atoms. The summed E-state index contributed by atoms with van der Waals surface area (Å²) >= 11 is 0. The Hall–Kier alpha value is -4.19. The number of carboxylic acids is 1. The molecule has 37 heavy (non-hydrogen) atoms. The molecule has 1 aliphatic rings. The van der Waals surface area contributed by atoms with Gasteiger partial charge in [0.25, 0.3) is 5.91 Å². The summed E-state index contributed by atoms with van der Waals surface area (Å²) in [7, 11) is 0. The van der Waals surface area contributed by atoms with Gasteiger partial charge in [0.1, 0.15) is 0 Å². The van der Waals surface area contributed by atoms with Gasteiger partial charge in [-0.25, -0.2) is 0 Å². The smallest absolute Gasteiger partial charge is 0.303 e. The maximum Gasteiger partial charge on any atom is 0.303 e. The zero-order valence-electron chi connectivity index (χ0n) is 20.8. The van der Waals surface area contributed by atoms with E-state index in [1.807, 2.05) is 48.5 Å². The molecule has 0 saturated heterocycles. The third kappa shape index (κ3) is 5.33. The van der Waals surface area contributed by atoms with Crippen LogP contribution in [0.2, 0.25) is 0 Å². The van der Waals surface area contributed by atoms with Gasteiger partial charge in [0.15, 0.2) is 5.69 Å². The lowest BCUT2D eigenvalue weighted by atomic mass is 9.77. The number of fused-ring (bicyclic) bond motifs is 1. The first kappa shape index (κ1) is 24.5. The number of aliphatic carboxylic acids is 1. The van der Waals surface area contributed by atoms with Crippen LogP contribution in [-0.2, 0) is 4.79 Å². The Morgan fingerprint density at radius 2 is 1.59 bits per heavy atom. The maximum absolute atomic E-state index is 13.1. The highest BCUT2D eigenvalue weighted by atomic mass is 16.5. The molecule has 5 rings (SSSR count). The monoisotopic (exact) mass is 494 g/mol. The topological polar surface area (TPSA) is 93.3 Å². The third-order valence-corrected chi connectivity index (χ3v) is 7.48. The molecule has 2 N–H and O–H groups in total. The Morgan fingerprint density at radius 1 is 0.919 bits per heavy atom. The summed E-state index contributed by atoms with van der Waals surface area (Å²) in [6, 6.07) is 25.0. The highest BCUT2D eigenvalue weighted by Crippen LogP contribution is 2.37. The van der Waals surface area contributed by atoms with E-state index in [9.17, 15) is 14.8 Å². The number of nitrogens with one attached hydrogen (secondary N) is 1. The summed E-state index contributed by atoms with van der Waals surface area (Å²) in [6.45, 7) is 1.71. The number of carbonyl (C=O) groups excluding carboxylic acids is 1. The Balaban J connectivity index is 1.38. The molecule has 6 heteroatoms. The molecule has 1 aromatic heterocycles. The number of benzene rings is 3. The second-order valence-corrected chi connectivity index (χ2v) is 9.98. The number of nitrogens with zero attached hydrogens (tertiary/aromatic N) is 1. The van der Waals surface area contributed by atoms with E-state index < -0.39 is 5.97 Å². The predicted molar refractivity (Wildman–Crippen MR) is 144 cm³/mol. The summed E-state index contributed by atoms with van der Waals surface area (Å²) in [5.74, 6) is -0.225. The molecule has 1 heterocycles. The van der Waals surface area contributed by atoms with E-state index in [2.05, 4.69) is 29.6 Å². The van der Waals surface area contributed by atoms with Crippen molar-refractivity contribution in [1.82, 2.24) is 0 Å². The number of carbonyl (C=O) groups is 2. The van der Waals surface area contributed by atoms with E-state index in [1.54, 1.807) is 13.0 Å². The Bertz CT molecular complexity index is 1440. The Kier molecular flexibility index (Phi) is 6.91. The number of anilines is 1. The maximum atomic E-state index is 13.1. The molecule has 1 fully saturated rings. The number of hydrogen-bond donors (Lipinski definition) is 2. The van der Waals surface area contributed by atoms with Crippen molar-refractivity contribution >= 4 is 28.5 Å². The molecule has 1 saturated carbocycles. The van der Waals surface area contributed by atoms with Gasteiger partial charge < -0.3 is 15.6 Å². The first-order valence-corrected chi connectivity index (χ1v) is 12.7. The van der Waals surface area contributed by atoms with Gasteiger partial charge in [-0.15, -0.1) is 0 Å². The summed E-state index contributed by atoms with van der Waals surface area (Å²) < 4.78 is 0.877. The number of aryl methyl sites for hydroxylation is 1.